The fraction of sp³-hybridized carbons (Fsp3) is 0.0714. The second kappa shape index (κ2) is 5.10. The molecule has 1 heterocycles. The van der Waals surface area contributed by atoms with Crippen LogP contribution >= 0.6 is 11.3 Å². The first-order valence-corrected chi connectivity index (χ1v) is 8.46. The summed E-state index contributed by atoms with van der Waals surface area (Å²) in [6, 6.07) is 14.0. The van der Waals surface area contributed by atoms with Crippen LogP contribution < -0.4 is 10.3 Å². The number of aromatic nitrogens is 1. The predicted octanol–water partition coefficient (Wildman–Crippen LogP) is 2.67. The molecule has 3 aromatic rings. The lowest BCUT2D eigenvalue weighted by molar-refractivity contribution is 0.592. The van der Waals surface area contributed by atoms with Crippen molar-refractivity contribution in [3.63, 3.8) is 0 Å². The Hall–Kier alpha value is -1.96. The molecular weight excluding hydrogens is 306 g/mol. The van der Waals surface area contributed by atoms with Crippen LogP contribution in [0.3, 0.4) is 0 Å². The van der Waals surface area contributed by atoms with E-state index in [1.54, 1.807) is 12.1 Å². The maximum atomic E-state index is 12.5. The van der Waals surface area contributed by atoms with Gasteiger partial charge in [0.15, 0.2) is 0 Å². The Bertz CT molecular complexity index is 853. The van der Waals surface area contributed by atoms with Crippen molar-refractivity contribution in [1.82, 2.24) is 4.98 Å². The lowest BCUT2D eigenvalue weighted by Gasteiger charge is -2.15. The summed E-state index contributed by atoms with van der Waals surface area (Å²) < 4.78 is 26.6. The summed E-state index contributed by atoms with van der Waals surface area (Å²) in [7, 11) is -3.80. The molecule has 0 saturated carbocycles. The van der Waals surface area contributed by atoms with Crippen molar-refractivity contribution in [2.45, 2.75) is 11.8 Å². The minimum Gasteiger partial charge on any atom is -0.231 e. The number of hydrogen-bond donors (Lipinski definition) is 1. The normalized spacial score (nSPS) is 11.7. The van der Waals surface area contributed by atoms with Gasteiger partial charge in [0, 0.05) is 0 Å². The zero-order chi connectivity index (χ0) is 15.0. The highest BCUT2D eigenvalue weighted by Crippen LogP contribution is 2.30. The number of para-hydroxylation sites is 1. The minimum atomic E-state index is -3.80. The second-order valence-corrected chi connectivity index (χ2v) is 7.40. The standard InChI is InChI=1S/C14H13N3O2S2/c1-10-6-8-11(9-7-10)21(18,19)17(15)14-16-12-4-2-3-5-13(12)20-14/h2-9H,15H2,1H3. The highest BCUT2D eigenvalue weighted by atomic mass is 32.2. The zero-order valence-electron chi connectivity index (χ0n) is 11.2. The number of fused-ring (bicyclic) bond motifs is 1. The summed E-state index contributed by atoms with van der Waals surface area (Å²) in [5, 5.41) is 0.247. The second-order valence-electron chi connectivity index (χ2n) is 4.58. The minimum absolute atomic E-state index is 0.148. The van der Waals surface area contributed by atoms with Crippen LogP contribution in [0.15, 0.2) is 53.4 Å². The molecular formula is C14H13N3O2S2. The fourth-order valence-electron chi connectivity index (χ4n) is 1.88. The first-order chi connectivity index (χ1) is 9.98. The number of nitrogens with zero attached hydrogens (tertiary/aromatic N) is 2. The maximum absolute atomic E-state index is 12.5. The van der Waals surface area contributed by atoms with Crippen LogP contribution in [0.5, 0.6) is 0 Å². The van der Waals surface area contributed by atoms with Crippen molar-refractivity contribution in [2.75, 3.05) is 4.41 Å². The van der Waals surface area contributed by atoms with Crippen LogP contribution in [-0.2, 0) is 10.0 Å². The summed E-state index contributed by atoms with van der Waals surface area (Å²) in [5.41, 5.74) is 1.71. The van der Waals surface area contributed by atoms with Crippen LogP contribution in [-0.4, -0.2) is 13.4 Å². The number of thiazole rings is 1. The van der Waals surface area contributed by atoms with Gasteiger partial charge >= 0.3 is 0 Å². The maximum Gasteiger partial charge on any atom is 0.279 e. The third kappa shape index (κ3) is 2.51. The summed E-state index contributed by atoms with van der Waals surface area (Å²) in [4.78, 5) is 4.41. The molecule has 0 unspecified atom stereocenters. The van der Waals surface area contributed by atoms with Gasteiger partial charge in [0.1, 0.15) is 0 Å². The molecule has 0 atom stereocenters. The molecule has 0 bridgehead atoms. The molecule has 3 rings (SSSR count). The third-order valence-corrected chi connectivity index (χ3v) is 5.76. The van der Waals surface area contributed by atoms with Crippen LogP contribution in [0.25, 0.3) is 10.2 Å². The molecule has 0 aliphatic rings. The average Bonchev–Trinajstić information content (AvgIpc) is 2.90. The van der Waals surface area contributed by atoms with Gasteiger partial charge in [-0.1, -0.05) is 41.2 Å². The van der Waals surface area contributed by atoms with Gasteiger partial charge in [-0.2, -0.15) is 12.8 Å². The van der Waals surface area contributed by atoms with Gasteiger partial charge in [-0.3, -0.25) is 0 Å². The first kappa shape index (κ1) is 14.0. The van der Waals surface area contributed by atoms with E-state index in [2.05, 4.69) is 4.98 Å². The molecule has 7 heteroatoms. The number of hydrogen-bond acceptors (Lipinski definition) is 5. The highest BCUT2D eigenvalue weighted by molar-refractivity contribution is 7.93. The molecule has 5 nitrogen and oxygen atoms in total. The number of hydrazine groups is 1. The van der Waals surface area contributed by atoms with E-state index in [4.69, 9.17) is 5.84 Å². The third-order valence-electron chi connectivity index (χ3n) is 3.05. The van der Waals surface area contributed by atoms with E-state index < -0.39 is 10.0 Å². The van der Waals surface area contributed by atoms with Gasteiger partial charge < -0.3 is 0 Å². The molecule has 0 spiro atoms. The Morgan fingerprint density at radius 1 is 1.10 bits per heavy atom. The van der Waals surface area contributed by atoms with Gasteiger partial charge in [-0.25, -0.2) is 10.8 Å². The molecule has 0 amide bonds. The van der Waals surface area contributed by atoms with E-state index in [0.717, 1.165) is 20.2 Å². The van der Waals surface area contributed by atoms with E-state index in [9.17, 15) is 8.42 Å². The van der Waals surface area contributed by atoms with E-state index in [-0.39, 0.29) is 10.0 Å². The zero-order valence-corrected chi connectivity index (χ0v) is 12.9. The molecule has 0 saturated heterocycles. The number of nitrogens with two attached hydrogens (primary N) is 1. The van der Waals surface area contributed by atoms with Gasteiger partial charge in [-0.15, -0.1) is 0 Å². The number of anilines is 1. The van der Waals surface area contributed by atoms with Crippen molar-refractivity contribution in [2.24, 2.45) is 5.84 Å². The Morgan fingerprint density at radius 3 is 2.43 bits per heavy atom. The molecule has 0 aliphatic heterocycles. The quantitative estimate of drug-likeness (QED) is 0.595. The first-order valence-electron chi connectivity index (χ1n) is 6.21. The Balaban J connectivity index is 2.03. The van der Waals surface area contributed by atoms with Crippen molar-refractivity contribution in [3.05, 3.63) is 54.1 Å². The lowest BCUT2D eigenvalue weighted by Crippen LogP contribution is -2.37. The Morgan fingerprint density at radius 2 is 1.76 bits per heavy atom. The fourth-order valence-corrected chi connectivity index (χ4v) is 4.04. The SMILES string of the molecule is Cc1ccc(S(=O)(=O)N(N)c2nc3ccccc3s2)cc1. The largest absolute Gasteiger partial charge is 0.279 e. The number of rotatable bonds is 3. The van der Waals surface area contributed by atoms with E-state index in [1.165, 1.54) is 23.5 Å². The average molecular weight is 319 g/mol. The smallest absolute Gasteiger partial charge is 0.231 e. The summed E-state index contributed by atoms with van der Waals surface area (Å²) >= 11 is 1.24. The van der Waals surface area contributed by atoms with Crippen LogP contribution in [0.1, 0.15) is 5.56 Å². The molecule has 2 N–H and O–H groups in total. The van der Waals surface area contributed by atoms with Crippen molar-refractivity contribution < 1.29 is 8.42 Å². The molecule has 1 aromatic heterocycles. The molecule has 0 radical (unpaired) electrons. The summed E-state index contributed by atoms with van der Waals surface area (Å²) in [6.07, 6.45) is 0. The van der Waals surface area contributed by atoms with Crippen molar-refractivity contribution in [1.29, 1.82) is 0 Å². The van der Waals surface area contributed by atoms with Gasteiger partial charge in [-0.05, 0) is 31.2 Å². The Labute approximate surface area is 126 Å². The lowest BCUT2D eigenvalue weighted by atomic mass is 10.2. The molecule has 2 aromatic carbocycles. The van der Waals surface area contributed by atoms with E-state index in [1.807, 2.05) is 31.2 Å². The molecule has 0 fully saturated rings. The number of aryl methyl sites for hydroxylation is 1. The van der Waals surface area contributed by atoms with Gasteiger partial charge in [0.05, 0.1) is 15.1 Å². The van der Waals surface area contributed by atoms with Crippen molar-refractivity contribution in [3.8, 4) is 0 Å². The van der Waals surface area contributed by atoms with E-state index >= 15 is 0 Å². The molecule has 21 heavy (non-hydrogen) atoms. The van der Waals surface area contributed by atoms with Crippen LogP contribution in [0, 0.1) is 6.92 Å². The van der Waals surface area contributed by atoms with Crippen molar-refractivity contribution >= 4 is 36.7 Å². The summed E-state index contributed by atoms with van der Waals surface area (Å²) in [6.45, 7) is 1.89. The molecule has 0 aliphatic carbocycles. The molecule has 108 valence electrons. The van der Waals surface area contributed by atoms with Crippen LogP contribution in [0.2, 0.25) is 0 Å². The number of sulfonamides is 1. The highest BCUT2D eigenvalue weighted by Gasteiger charge is 2.24. The van der Waals surface area contributed by atoms with Gasteiger partial charge in [0.25, 0.3) is 10.0 Å². The van der Waals surface area contributed by atoms with Gasteiger partial charge in [0.2, 0.25) is 5.13 Å². The number of benzene rings is 2. The summed E-state index contributed by atoms with van der Waals surface area (Å²) in [5.74, 6) is 5.80. The predicted molar refractivity (Wildman–Crippen MR) is 84.7 cm³/mol. The van der Waals surface area contributed by atoms with Crippen LogP contribution in [0.4, 0.5) is 5.13 Å². The van der Waals surface area contributed by atoms with E-state index in [0.29, 0.717) is 0 Å². The Kier molecular flexibility index (Phi) is 3.40. The monoisotopic (exact) mass is 319 g/mol. The topological polar surface area (TPSA) is 76.3 Å².